The van der Waals surface area contributed by atoms with E-state index in [-0.39, 0.29) is 63.1 Å². The van der Waals surface area contributed by atoms with Gasteiger partial charge in [-0.25, -0.2) is 9.97 Å². The van der Waals surface area contributed by atoms with Gasteiger partial charge in [0.25, 0.3) is 11.8 Å². The Morgan fingerprint density at radius 3 is 1.74 bits per heavy atom. The molecule has 0 fully saturated rings. The molecule has 4 aromatic heterocycles. The number of nitrogens with zero attached hydrogens (tertiary/aromatic N) is 4. The van der Waals surface area contributed by atoms with Crippen LogP contribution in [0, 0.1) is 0 Å². The molecule has 0 spiro atoms. The van der Waals surface area contributed by atoms with Gasteiger partial charge in [-0.05, 0) is 59.7 Å². The van der Waals surface area contributed by atoms with E-state index in [2.05, 4.69) is 57.2 Å². The molecule has 2 aliphatic heterocycles. The van der Waals surface area contributed by atoms with Crippen LogP contribution >= 0.6 is 11.6 Å². The molecule has 0 radical (unpaired) electrons. The van der Waals surface area contributed by atoms with Gasteiger partial charge >= 0.3 is 12.4 Å². The van der Waals surface area contributed by atoms with Crippen molar-refractivity contribution >= 4 is 86.5 Å². The Bertz CT molecular complexity index is 2790. The van der Waals surface area contributed by atoms with Crippen LogP contribution in [0.3, 0.4) is 0 Å². The Labute approximate surface area is 369 Å². The number of nitrogens with two attached hydrogens (primary N) is 1. The molecule has 0 aliphatic carbocycles. The second-order valence-corrected chi connectivity index (χ2v) is 14.2. The van der Waals surface area contributed by atoms with Crippen LogP contribution in [0.4, 0.5) is 77.7 Å². The van der Waals surface area contributed by atoms with Crippen molar-refractivity contribution in [2.75, 3.05) is 46.4 Å². The number of alkyl halides is 6. The Morgan fingerprint density at radius 1 is 0.631 bits per heavy atom. The summed E-state index contributed by atoms with van der Waals surface area (Å²) in [7, 11) is 2.82. The van der Waals surface area contributed by atoms with Crippen molar-refractivity contribution in [2.24, 2.45) is 0 Å². The highest BCUT2D eigenvalue weighted by molar-refractivity contribution is 6.29. The third-order valence-corrected chi connectivity index (χ3v) is 9.48. The number of amides is 4. The van der Waals surface area contributed by atoms with E-state index in [0.717, 1.165) is 22.9 Å². The first-order valence-corrected chi connectivity index (χ1v) is 19.2. The molecule has 0 saturated heterocycles. The Hall–Kier alpha value is -8.01. The maximum Gasteiger partial charge on any atom is 0.419 e. The number of carbonyl (C=O) groups excluding carboxylic acids is 4. The Kier molecular flexibility index (Phi) is 14.0. The minimum absolute atomic E-state index is 0.0469. The zero-order valence-corrected chi connectivity index (χ0v) is 34.6. The van der Waals surface area contributed by atoms with E-state index in [1.807, 2.05) is 12.1 Å². The minimum Gasteiger partial charge on any atom is -0.399 e. The van der Waals surface area contributed by atoms with Crippen LogP contribution in [-0.4, -0.2) is 57.7 Å². The number of pyridine rings is 4. The first kappa shape index (κ1) is 46.5. The number of hydrogen-bond donors (Lipinski definition) is 8. The molecular formula is C42H35ClF6N12O4. The van der Waals surface area contributed by atoms with Gasteiger partial charge in [0.1, 0.15) is 11.0 Å². The van der Waals surface area contributed by atoms with Gasteiger partial charge in [-0.1, -0.05) is 17.7 Å². The van der Waals surface area contributed by atoms with Gasteiger partial charge in [0, 0.05) is 80.1 Å². The largest absolute Gasteiger partial charge is 0.419 e. The van der Waals surface area contributed by atoms with Crippen molar-refractivity contribution in [1.29, 1.82) is 0 Å². The van der Waals surface area contributed by atoms with E-state index in [1.165, 1.54) is 57.1 Å². The summed E-state index contributed by atoms with van der Waals surface area (Å²) in [4.78, 5) is 61.1. The average Bonchev–Trinajstić information content (AvgIpc) is 3.82. The summed E-state index contributed by atoms with van der Waals surface area (Å²) >= 11 is 5.65. The number of nitrogens with one attached hydrogen (secondary N) is 7. The van der Waals surface area contributed by atoms with E-state index in [9.17, 15) is 45.5 Å². The molecule has 2 aliphatic rings. The molecule has 0 unspecified atom stereocenters. The van der Waals surface area contributed by atoms with Crippen molar-refractivity contribution in [1.82, 2.24) is 30.6 Å². The summed E-state index contributed by atoms with van der Waals surface area (Å²) in [6.45, 7) is 0. The van der Waals surface area contributed by atoms with Gasteiger partial charge in [0.2, 0.25) is 11.8 Å². The fraction of sp³-hybridized carbons (Fsp3) is 0.143. The fourth-order valence-electron chi connectivity index (χ4n) is 6.23. The molecular weight excluding hydrogens is 886 g/mol. The van der Waals surface area contributed by atoms with Crippen LogP contribution in [-0.2, 0) is 34.8 Å². The van der Waals surface area contributed by atoms with Crippen LogP contribution in [0.25, 0.3) is 0 Å². The van der Waals surface area contributed by atoms with E-state index in [1.54, 1.807) is 24.3 Å². The lowest BCUT2D eigenvalue weighted by atomic mass is 10.1. The van der Waals surface area contributed by atoms with Crippen LogP contribution in [0.2, 0.25) is 5.15 Å². The molecule has 65 heavy (non-hydrogen) atoms. The molecule has 2 aromatic carbocycles. The number of aromatic nitrogens is 4. The molecule has 0 saturated carbocycles. The second kappa shape index (κ2) is 19.6. The number of fused-ring (bicyclic) bond motifs is 2. The number of rotatable bonds is 8. The number of nitrogen functional groups attached to an aromatic ring is 1. The summed E-state index contributed by atoms with van der Waals surface area (Å²) in [5.41, 5.74) is 8.08. The predicted molar refractivity (Wildman–Crippen MR) is 231 cm³/mol. The number of benzene rings is 2. The van der Waals surface area contributed by atoms with Crippen molar-refractivity contribution in [2.45, 2.75) is 25.2 Å². The molecule has 6 aromatic rings. The zero-order chi connectivity index (χ0) is 47.1. The minimum atomic E-state index is -4.67. The smallest absolute Gasteiger partial charge is 0.399 e. The molecule has 16 nitrogen and oxygen atoms in total. The summed E-state index contributed by atoms with van der Waals surface area (Å²) < 4.78 is 79.7. The fourth-order valence-corrected chi connectivity index (χ4v) is 6.39. The van der Waals surface area contributed by atoms with Gasteiger partial charge in [0.05, 0.1) is 57.8 Å². The van der Waals surface area contributed by atoms with Crippen LogP contribution in [0.1, 0.15) is 43.0 Å². The van der Waals surface area contributed by atoms with Gasteiger partial charge in [0.15, 0.2) is 0 Å². The number of carbonyl (C=O) groups is 4. The zero-order valence-electron chi connectivity index (χ0n) is 33.8. The maximum absolute atomic E-state index is 13.6. The predicted octanol–water partition coefficient (Wildman–Crippen LogP) is 7.85. The topological polar surface area (TPSA) is 230 Å². The molecule has 4 amide bonds. The summed E-state index contributed by atoms with van der Waals surface area (Å²) in [5.74, 6) is -0.919. The molecule has 0 bridgehead atoms. The monoisotopic (exact) mass is 920 g/mol. The SMILES string of the molecule is CNC(=O)c1cnccc1Nc1cc(Cl)ncc1C(F)(F)F.CNC(=O)c1cnccc1Nc1cc(Nc2ccc3c(c2)NC(=O)C3)ncc1C(F)(F)F.Nc1ccc2c(c1)CC(=O)N2. The van der Waals surface area contributed by atoms with Gasteiger partial charge in [-0.3, -0.25) is 29.1 Å². The lowest BCUT2D eigenvalue weighted by molar-refractivity contribution is -0.138. The average molecular weight is 921 g/mol. The number of hydrogen-bond acceptors (Lipinski definition) is 12. The van der Waals surface area contributed by atoms with Crippen molar-refractivity contribution in [3.63, 3.8) is 0 Å². The van der Waals surface area contributed by atoms with Crippen LogP contribution < -0.4 is 43.0 Å². The van der Waals surface area contributed by atoms with E-state index in [4.69, 9.17) is 17.3 Å². The molecule has 8 rings (SSSR count). The van der Waals surface area contributed by atoms with Crippen LogP contribution in [0.5, 0.6) is 0 Å². The van der Waals surface area contributed by atoms with Gasteiger partial charge in [-0.2, -0.15) is 26.3 Å². The number of anilines is 9. The third-order valence-electron chi connectivity index (χ3n) is 9.27. The highest BCUT2D eigenvalue weighted by atomic mass is 35.5. The first-order valence-electron chi connectivity index (χ1n) is 18.9. The Morgan fingerprint density at radius 2 is 1.17 bits per heavy atom. The van der Waals surface area contributed by atoms with E-state index >= 15 is 0 Å². The summed E-state index contributed by atoms with van der Waals surface area (Å²) in [6, 6.07) is 15.6. The van der Waals surface area contributed by atoms with Gasteiger partial charge in [-0.15, -0.1) is 0 Å². The van der Waals surface area contributed by atoms with Crippen LogP contribution in [0.15, 0.2) is 97.8 Å². The highest BCUT2D eigenvalue weighted by Gasteiger charge is 2.36. The lowest BCUT2D eigenvalue weighted by Gasteiger charge is -2.17. The standard InChI is InChI=1S/C21H17F3N6O2.C13H10ClF3N4O.C8H8N2O/c1-25-20(32)13-9-26-5-4-15(13)29-17-8-18(27-10-14(17)21(22,23)24)28-12-3-2-11-6-19(31)30-16(11)7-12;1-18-12(22)7-5-19-3-2-9(7)21-10-4-11(14)20-6-8(10)13(15,16)17;9-6-1-2-7-5(3-6)4-8(11)10-7/h2-5,7-10H,6H2,1H3,(H,25,32)(H,30,31)(H2,26,27,28,29);2-6H,1H3,(H,18,22)(H,19,20,21);1-3H,4,9H2,(H,10,11). The maximum atomic E-state index is 13.6. The van der Waals surface area contributed by atoms with E-state index < -0.39 is 35.3 Å². The second-order valence-electron chi connectivity index (χ2n) is 13.8. The van der Waals surface area contributed by atoms with Crippen molar-refractivity contribution < 1.29 is 45.5 Å². The normalized spacial score (nSPS) is 12.4. The molecule has 23 heteroatoms. The van der Waals surface area contributed by atoms with Gasteiger partial charge < -0.3 is 43.0 Å². The van der Waals surface area contributed by atoms with Crippen molar-refractivity contribution in [3.05, 3.63) is 136 Å². The molecule has 6 heterocycles. The quantitative estimate of drug-likeness (QED) is 0.0415. The molecule has 9 N–H and O–H groups in total. The number of halogens is 7. The van der Waals surface area contributed by atoms with E-state index in [0.29, 0.717) is 35.9 Å². The Balaban J connectivity index is 0.000000182. The highest BCUT2D eigenvalue weighted by Crippen LogP contribution is 2.39. The summed E-state index contributed by atoms with van der Waals surface area (Å²) in [5, 5.41) is 18.3. The molecule has 336 valence electrons. The lowest BCUT2D eigenvalue weighted by Crippen LogP contribution is -2.19. The summed E-state index contributed by atoms with van der Waals surface area (Å²) in [6.07, 6.45) is -1.99. The van der Waals surface area contributed by atoms with Crippen molar-refractivity contribution in [3.8, 4) is 0 Å². The molecule has 0 atom stereocenters. The third kappa shape index (κ3) is 11.7. The first-order chi connectivity index (χ1) is 30.8.